The van der Waals surface area contributed by atoms with Gasteiger partial charge in [-0.2, -0.15) is 0 Å². The van der Waals surface area contributed by atoms with Crippen LogP contribution in [0.2, 0.25) is 0 Å². The molecule has 0 saturated carbocycles. The molecule has 0 bridgehead atoms. The second kappa shape index (κ2) is 5.15. The lowest BCUT2D eigenvalue weighted by atomic mass is 9.95. The van der Waals surface area contributed by atoms with Gasteiger partial charge in [-0.15, -0.1) is 0 Å². The predicted molar refractivity (Wildman–Crippen MR) is 118 cm³/mol. The minimum atomic E-state index is 0.673. The van der Waals surface area contributed by atoms with Crippen molar-refractivity contribution in [3.8, 4) is 0 Å². The third-order valence-corrected chi connectivity index (χ3v) is 6.09. The van der Waals surface area contributed by atoms with E-state index in [-0.39, 0.29) is 0 Å². The Labute approximate surface area is 161 Å². The molecule has 0 aliphatic rings. The summed E-state index contributed by atoms with van der Waals surface area (Å²) < 4.78 is 4.14. The van der Waals surface area contributed by atoms with Gasteiger partial charge in [0.25, 0.3) is 0 Å². The first kappa shape index (κ1) is 15.3. The Balaban J connectivity index is 1.76. The number of hydrogen-bond donors (Lipinski definition) is 0. The Morgan fingerprint density at radius 3 is 1.96 bits per heavy atom. The quantitative estimate of drug-likeness (QED) is 0.212. The molecule has 0 aliphatic carbocycles. The molecule has 0 fully saturated rings. The van der Waals surface area contributed by atoms with Crippen molar-refractivity contribution < 1.29 is 0 Å². The van der Waals surface area contributed by atoms with Crippen LogP contribution in [0.5, 0.6) is 0 Å². The second-order valence-electron chi connectivity index (χ2n) is 7.59. The highest BCUT2D eigenvalue weighted by Crippen LogP contribution is 2.36. The molecule has 0 spiro atoms. The van der Waals surface area contributed by atoms with E-state index in [1.807, 2.05) is 17.7 Å². The van der Waals surface area contributed by atoms with Gasteiger partial charge >= 0.3 is 0 Å². The molecular weight excluding hydrogens is 342 g/mol. The zero-order valence-corrected chi connectivity index (χ0v) is 15.7. The van der Waals surface area contributed by atoms with Gasteiger partial charge in [0, 0.05) is 29.5 Å². The number of nitrogens with zero attached hydrogens (tertiary/aromatic N) is 3. The van der Waals surface area contributed by atoms with E-state index < -0.39 is 0 Å². The molecule has 28 heavy (non-hydrogen) atoms. The van der Waals surface area contributed by atoms with Gasteiger partial charge in [-0.25, -0.2) is 0 Å². The van der Waals surface area contributed by atoms with E-state index in [4.69, 9.17) is 6.57 Å². The molecule has 6 aromatic rings. The molecule has 0 aliphatic heterocycles. The first-order valence-electron chi connectivity index (χ1n) is 9.35. The van der Waals surface area contributed by atoms with Crippen LogP contribution in [-0.2, 0) is 14.1 Å². The number of rotatable bonds is 0. The van der Waals surface area contributed by atoms with E-state index in [1.54, 1.807) is 0 Å². The first-order chi connectivity index (χ1) is 13.6. The van der Waals surface area contributed by atoms with Crippen molar-refractivity contribution in [3.05, 3.63) is 78.3 Å². The SMILES string of the molecule is [C-]#[N+]c1cc2cc3c(ccc4c5cc6ccn(C)c6cc5ccc34)cc2n1C. The van der Waals surface area contributed by atoms with Crippen LogP contribution in [0.25, 0.3) is 59.0 Å². The van der Waals surface area contributed by atoms with Gasteiger partial charge in [0.15, 0.2) is 0 Å². The summed E-state index contributed by atoms with van der Waals surface area (Å²) in [6, 6.07) is 22.1. The highest BCUT2D eigenvalue weighted by Gasteiger charge is 2.12. The fourth-order valence-corrected chi connectivity index (χ4v) is 4.56. The summed E-state index contributed by atoms with van der Waals surface area (Å²) in [5.74, 6) is 0.673. The third kappa shape index (κ3) is 1.87. The maximum Gasteiger partial charge on any atom is 0.231 e. The molecule has 6 rings (SSSR count). The Morgan fingerprint density at radius 1 is 0.643 bits per heavy atom. The molecule has 0 N–H and O–H groups in total. The van der Waals surface area contributed by atoms with E-state index in [0.29, 0.717) is 5.82 Å². The summed E-state index contributed by atoms with van der Waals surface area (Å²) in [4.78, 5) is 3.64. The number of fused-ring (bicyclic) bond motifs is 7. The van der Waals surface area contributed by atoms with Gasteiger partial charge in [0.1, 0.15) is 5.52 Å². The number of hydrogen-bond acceptors (Lipinski definition) is 0. The molecule has 0 atom stereocenters. The van der Waals surface area contributed by atoms with Crippen LogP contribution in [-0.4, -0.2) is 9.13 Å². The normalized spacial score (nSPS) is 11.9. The minimum Gasteiger partial charge on any atom is -0.364 e. The highest BCUT2D eigenvalue weighted by molar-refractivity contribution is 6.20. The zero-order valence-electron chi connectivity index (χ0n) is 15.7. The first-order valence-corrected chi connectivity index (χ1v) is 9.35. The molecule has 3 nitrogen and oxygen atoms in total. The molecule has 0 amide bonds. The Bertz CT molecular complexity index is 1640. The Kier molecular flexibility index (Phi) is 2.81. The van der Waals surface area contributed by atoms with Crippen LogP contribution < -0.4 is 0 Å². The summed E-state index contributed by atoms with van der Waals surface area (Å²) in [6.07, 6.45) is 2.11. The van der Waals surface area contributed by atoms with Gasteiger partial charge in [-0.3, -0.25) is 4.57 Å². The lowest BCUT2D eigenvalue weighted by Gasteiger charge is -2.09. The highest BCUT2D eigenvalue weighted by atomic mass is 15.0. The summed E-state index contributed by atoms with van der Waals surface area (Å²) in [6.45, 7) is 7.39. The van der Waals surface area contributed by atoms with Gasteiger partial charge in [-0.05, 0) is 68.7 Å². The lowest BCUT2D eigenvalue weighted by molar-refractivity contribution is 0.970. The summed E-state index contributed by atoms with van der Waals surface area (Å²) in [5, 5.41) is 9.91. The van der Waals surface area contributed by atoms with E-state index >= 15 is 0 Å². The van der Waals surface area contributed by atoms with Crippen LogP contribution in [0.1, 0.15) is 0 Å². The molecular formula is C25H17N3. The van der Waals surface area contributed by atoms with Crippen molar-refractivity contribution in [2.24, 2.45) is 14.1 Å². The fourth-order valence-electron chi connectivity index (χ4n) is 4.56. The Morgan fingerprint density at radius 2 is 1.29 bits per heavy atom. The van der Waals surface area contributed by atoms with Gasteiger partial charge < -0.3 is 9.41 Å². The van der Waals surface area contributed by atoms with E-state index in [0.717, 1.165) is 10.9 Å². The summed E-state index contributed by atoms with van der Waals surface area (Å²) in [5.41, 5.74) is 2.36. The van der Waals surface area contributed by atoms with Crippen molar-refractivity contribution in [1.82, 2.24) is 9.13 Å². The van der Waals surface area contributed by atoms with Crippen LogP contribution in [0.15, 0.2) is 66.9 Å². The number of aryl methyl sites for hydroxylation is 2. The maximum absolute atomic E-state index is 7.39. The topological polar surface area (TPSA) is 14.2 Å². The molecule has 2 aromatic heterocycles. The molecule has 2 heterocycles. The number of aromatic nitrogens is 2. The average molecular weight is 359 g/mol. The molecule has 4 aromatic carbocycles. The van der Waals surface area contributed by atoms with Crippen LogP contribution in [0.3, 0.4) is 0 Å². The molecule has 0 saturated heterocycles. The van der Waals surface area contributed by atoms with E-state index in [9.17, 15) is 0 Å². The summed E-state index contributed by atoms with van der Waals surface area (Å²) in [7, 11) is 4.05. The monoisotopic (exact) mass is 359 g/mol. The molecule has 3 heteroatoms. The lowest BCUT2D eigenvalue weighted by Crippen LogP contribution is -1.87. The minimum absolute atomic E-state index is 0.673. The smallest absolute Gasteiger partial charge is 0.231 e. The van der Waals surface area contributed by atoms with Crippen molar-refractivity contribution in [1.29, 1.82) is 0 Å². The molecule has 0 unspecified atom stereocenters. The third-order valence-electron chi connectivity index (χ3n) is 6.09. The largest absolute Gasteiger partial charge is 0.364 e. The van der Waals surface area contributed by atoms with Crippen LogP contribution in [0, 0.1) is 6.57 Å². The standard InChI is InChI=1S/C25H17N3/c1-26-25-14-18-11-22-16(13-24(18)28(25)3)5-7-19-20(22)6-4-15-12-23-17(10-21(15)19)8-9-27(23)2/h4-14H,2-3H3. The fraction of sp³-hybridized carbons (Fsp3) is 0.0800. The van der Waals surface area contributed by atoms with Crippen molar-refractivity contribution >= 4 is 59.9 Å². The molecule has 0 radical (unpaired) electrons. The predicted octanol–water partition coefficient (Wildman–Crippen LogP) is 6.68. The average Bonchev–Trinajstić information content (AvgIpc) is 3.24. The van der Waals surface area contributed by atoms with Gasteiger partial charge in [0.05, 0.1) is 7.05 Å². The van der Waals surface area contributed by atoms with Crippen LogP contribution in [0.4, 0.5) is 5.82 Å². The van der Waals surface area contributed by atoms with Crippen molar-refractivity contribution in [3.63, 3.8) is 0 Å². The Hall–Kier alpha value is -3.77. The molecule has 132 valence electrons. The second-order valence-corrected chi connectivity index (χ2v) is 7.59. The van der Waals surface area contributed by atoms with Crippen molar-refractivity contribution in [2.45, 2.75) is 0 Å². The maximum atomic E-state index is 7.39. The summed E-state index contributed by atoms with van der Waals surface area (Å²) >= 11 is 0. The van der Waals surface area contributed by atoms with E-state index in [2.05, 4.69) is 77.3 Å². The van der Waals surface area contributed by atoms with E-state index in [1.165, 1.54) is 43.2 Å². The van der Waals surface area contributed by atoms with Gasteiger partial charge in [0.2, 0.25) is 5.82 Å². The van der Waals surface area contributed by atoms with Crippen molar-refractivity contribution in [2.75, 3.05) is 0 Å². The zero-order chi connectivity index (χ0) is 19.0. The number of benzene rings is 4. The van der Waals surface area contributed by atoms with Crippen LogP contribution >= 0.6 is 0 Å². The van der Waals surface area contributed by atoms with Gasteiger partial charge in [-0.1, -0.05) is 30.8 Å².